The molecule has 0 saturated carbocycles. The van der Waals surface area contributed by atoms with Crippen molar-refractivity contribution >= 4 is 17.2 Å². The van der Waals surface area contributed by atoms with Crippen molar-refractivity contribution in [3.05, 3.63) is 40.1 Å². The lowest BCUT2D eigenvalue weighted by Crippen LogP contribution is -3.00. The number of thiazole rings is 1. The Morgan fingerprint density at radius 3 is 2.57 bits per heavy atom. The largest absolute Gasteiger partial charge is 1.00 e. The number of nitrogens with one attached hydrogen (secondary N) is 1. The molecule has 1 aromatic heterocycles. The van der Waals surface area contributed by atoms with E-state index in [9.17, 15) is 4.79 Å². The number of methoxy groups -OCH3 is 2. The molecule has 1 heterocycles. The minimum Gasteiger partial charge on any atom is -1.00 e. The molecule has 0 unspecified atom stereocenters. The zero-order valence-corrected chi connectivity index (χ0v) is 14.8. The fourth-order valence-corrected chi connectivity index (χ4v) is 2.63. The Bertz CT molecular complexity index is 714. The van der Waals surface area contributed by atoms with E-state index in [0.717, 1.165) is 5.56 Å². The van der Waals surface area contributed by atoms with Crippen LogP contribution in [-0.2, 0) is 17.9 Å². The minimum absolute atomic E-state index is 0. The monoisotopic (exact) mass is 356 g/mol. The molecule has 0 aliphatic heterocycles. The van der Waals surface area contributed by atoms with Gasteiger partial charge in [0.05, 0.1) is 14.2 Å². The summed E-state index contributed by atoms with van der Waals surface area (Å²) in [6.07, 6.45) is 1.75. The highest BCUT2D eigenvalue weighted by molar-refractivity contribution is 7.06. The minimum atomic E-state index is -0.0494. The summed E-state index contributed by atoms with van der Waals surface area (Å²) in [5, 5.41) is 9.48. The van der Waals surface area contributed by atoms with E-state index in [0.29, 0.717) is 22.8 Å². The number of benzene rings is 1. The van der Waals surface area contributed by atoms with E-state index >= 15 is 0 Å². The van der Waals surface area contributed by atoms with E-state index in [1.54, 1.807) is 42.3 Å². The second kappa shape index (κ2) is 8.59. The third-order valence-electron chi connectivity index (χ3n) is 3.28. The molecule has 0 aliphatic carbocycles. The summed E-state index contributed by atoms with van der Waals surface area (Å²) in [5.74, 6) is 1.25. The Labute approximate surface area is 145 Å². The predicted molar refractivity (Wildman–Crippen MR) is 84.2 cm³/mol. The van der Waals surface area contributed by atoms with Gasteiger partial charge < -0.3 is 31.3 Å². The number of amides is 1. The molecule has 0 saturated heterocycles. The molecule has 1 amide bonds. The zero-order valence-electron chi connectivity index (χ0n) is 13.2. The lowest BCUT2D eigenvalue weighted by Gasteiger charge is -2.18. The first-order valence-corrected chi connectivity index (χ1v) is 7.56. The smallest absolute Gasteiger partial charge is 0.242 e. The molecule has 0 radical (unpaired) electrons. The number of carbonyl (C=O) groups is 1. The fraction of sp³-hybridized carbons (Fsp3) is 0.333. The Morgan fingerprint density at radius 1 is 1.30 bits per heavy atom. The molecule has 0 aliphatic rings. The quantitative estimate of drug-likeness (QED) is 0.700. The van der Waals surface area contributed by atoms with Crippen LogP contribution in [0.5, 0.6) is 11.5 Å². The Hall–Kier alpha value is -1.99. The highest BCUT2D eigenvalue weighted by Gasteiger charge is 2.12. The highest BCUT2D eigenvalue weighted by atomic mass is 35.5. The van der Waals surface area contributed by atoms with Gasteiger partial charge in [0.25, 0.3) is 0 Å². The Kier molecular flexibility index (Phi) is 7.12. The average Bonchev–Trinajstić information content (AvgIpc) is 2.92. The maximum atomic E-state index is 12.2. The van der Waals surface area contributed by atoms with Crippen molar-refractivity contribution in [3.63, 3.8) is 0 Å². The number of likely N-dealkylation sites (N-methyl/N-ethyl adjacent to an activating group) is 1. The molecule has 2 rings (SSSR count). The number of halogens is 1. The van der Waals surface area contributed by atoms with Gasteiger partial charge in [-0.25, -0.2) is 0 Å². The maximum Gasteiger partial charge on any atom is 0.242 e. The highest BCUT2D eigenvalue weighted by Crippen LogP contribution is 2.27. The van der Waals surface area contributed by atoms with Crippen LogP contribution < -0.4 is 26.7 Å². The van der Waals surface area contributed by atoms with Gasteiger partial charge in [-0.05, 0) is 17.7 Å². The van der Waals surface area contributed by atoms with Gasteiger partial charge in [0, 0.05) is 25.2 Å². The number of hydrogen-bond donors (Lipinski definition) is 1. The van der Waals surface area contributed by atoms with Crippen molar-refractivity contribution in [2.24, 2.45) is 0 Å². The zero-order chi connectivity index (χ0) is 16.1. The molecule has 8 heteroatoms. The van der Waals surface area contributed by atoms with E-state index in [2.05, 4.69) is 0 Å². The van der Waals surface area contributed by atoms with Crippen LogP contribution in [0.4, 0.5) is 0 Å². The summed E-state index contributed by atoms with van der Waals surface area (Å²) in [5.41, 5.74) is 0.954. The van der Waals surface area contributed by atoms with Gasteiger partial charge in [0.1, 0.15) is 6.54 Å². The Morgan fingerprint density at radius 2 is 2.00 bits per heavy atom. The van der Waals surface area contributed by atoms with Crippen molar-refractivity contribution in [2.75, 3.05) is 21.3 Å². The van der Waals surface area contributed by atoms with E-state index in [4.69, 9.17) is 14.9 Å². The van der Waals surface area contributed by atoms with Gasteiger partial charge in [-0.15, -0.1) is 11.3 Å². The molecule has 0 fully saturated rings. The molecular weight excluding hydrogens is 338 g/mol. The molecular formula is C15H19ClN3O3S-. The van der Waals surface area contributed by atoms with Crippen molar-refractivity contribution in [2.45, 2.75) is 13.1 Å². The Balaban J connectivity index is 0.00000264. The first kappa shape index (κ1) is 19.1. The van der Waals surface area contributed by atoms with E-state index in [1.807, 2.05) is 18.2 Å². The van der Waals surface area contributed by atoms with Gasteiger partial charge in [0.15, 0.2) is 16.3 Å². The molecule has 1 N–H and O–H groups in total. The lowest BCUT2D eigenvalue weighted by atomic mass is 10.2. The van der Waals surface area contributed by atoms with Gasteiger partial charge in [0.2, 0.25) is 5.91 Å². The van der Waals surface area contributed by atoms with E-state index in [-0.39, 0.29) is 24.9 Å². The summed E-state index contributed by atoms with van der Waals surface area (Å²) >= 11 is 1.30. The van der Waals surface area contributed by atoms with Crippen LogP contribution in [0.2, 0.25) is 0 Å². The fourth-order valence-electron chi connectivity index (χ4n) is 2.04. The molecule has 126 valence electrons. The van der Waals surface area contributed by atoms with Crippen molar-refractivity contribution in [1.82, 2.24) is 9.47 Å². The second-order valence-corrected chi connectivity index (χ2v) is 5.67. The van der Waals surface area contributed by atoms with Crippen LogP contribution in [0.15, 0.2) is 29.8 Å². The average molecular weight is 357 g/mol. The predicted octanol–water partition coefficient (Wildman–Crippen LogP) is -1.29. The molecule has 2 aromatic rings. The first-order chi connectivity index (χ1) is 10.5. The number of ether oxygens (including phenoxy) is 2. The maximum absolute atomic E-state index is 12.2. The van der Waals surface area contributed by atoms with Gasteiger partial charge in [-0.3, -0.25) is 10.2 Å². The van der Waals surface area contributed by atoms with E-state index in [1.165, 1.54) is 11.3 Å². The third-order valence-corrected chi connectivity index (χ3v) is 4.00. The van der Waals surface area contributed by atoms with Gasteiger partial charge in [-0.2, -0.15) is 0 Å². The number of aromatic nitrogens is 1. The molecule has 0 atom stereocenters. The van der Waals surface area contributed by atoms with Crippen LogP contribution in [0.1, 0.15) is 5.56 Å². The van der Waals surface area contributed by atoms with Crippen LogP contribution in [0, 0.1) is 5.41 Å². The van der Waals surface area contributed by atoms with Gasteiger partial charge in [-0.1, -0.05) is 6.07 Å². The first-order valence-electron chi connectivity index (χ1n) is 6.68. The van der Waals surface area contributed by atoms with Crippen molar-refractivity contribution < 1.29 is 26.7 Å². The number of nitrogens with zero attached hydrogens (tertiary/aromatic N) is 2. The summed E-state index contributed by atoms with van der Waals surface area (Å²) < 4.78 is 12.1. The molecule has 1 aromatic carbocycles. The standard InChI is InChI=1S/C15H19N3O3S.ClH/c1-17(14(19)10-18-6-7-22-15(18)16)9-11-4-5-12(20-2)13(8-11)21-3;/h4-8,16H,9-10H2,1-3H3;1H/p-1. The molecule has 0 bridgehead atoms. The SMILES string of the molecule is COc1ccc(CN(C)C(=O)Cn2ccsc2=N)cc1OC.[Cl-]. The van der Waals surface area contributed by atoms with Gasteiger partial charge >= 0.3 is 0 Å². The summed E-state index contributed by atoms with van der Waals surface area (Å²) in [4.78, 5) is 14.2. The van der Waals surface area contributed by atoms with Crippen LogP contribution in [-0.4, -0.2) is 36.6 Å². The number of carbonyl (C=O) groups excluding carboxylic acids is 1. The molecule has 6 nitrogen and oxygen atoms in total. The van der Waals surface area contributed by atoms with Crippen LogP contribution in [0.25, 0.3) is 0 Å². The number of hydrogen-bond acceptors (Lipinski definition) is 5. The lowest BCUT2D eigenvalue weighted by molar-refractivity contribution is -0.131. The third kappa shape index (κ3) is 4.74. The normalized spacial score (nSPS) is 9.87. The second-order valence-electron chi connectivity index (χ2n) is 4.78. The van der Waals surface area contributed by atoms with Crippen molar-refractivity contribution in [1.29, 1.82) is 5.41 Å². The summed E-state index contributed by atoms with van der Waals surface area (Å²) in [6.45, 7) is 0.642. The summed E-state index contributed by atoms with van der Waals surface area (Å²) in [7, 11) is 4.92. The van der Waals surface area contributed by atoms with Crippen LogP contribution in [0.3, 0.4) is 0 Å². The number of rotatable bonds is 6. The van der Waals surface area contributed by atoms with Crippen molar-refractivity contribution in [3.8, 4) is 11.5 Å². The van der Waals surface area contributed by atoms with Crippen LogP contribution >= 0.6 is 11.3 Å². The van der Waals surface area contributed by atoms with E-state index < -0.39 is 0 Å². The molecule has 0 spiro atoms. The topological polar surface area (TPSA) is 67.5 Å². The summed E-state index contributed by atoms with van der Waals surface area (Å²) in [6, 6.07) is 5.58. The molecule has 23 heavy (non-hydrogen) atoms.